The van der Waals surface area contributed by atoms with Crippen molar-refractivity contribution in [3.8, 4) is 5.75 Å². The molecule has 2 amide bonds. The number of carbonyl (C=O) groups is 1. The maximum absolute atomic E-state index is 11.9. The molecule has 1 heterocycles. The summed E-state index contributed by atoms with van der Waals surface area (Å²) >= 11 is 3.44. The number of hydrogen-bond acceptors (Lipinski definition) is 2. The van der Waals surface area contributed by atoms with Crippen LogP contribution in [0.4, 0.5) is 4.79 Å². The van der Waals surface area contributed by atoms with Crippen LogP contribution in [0.3, 0.4) is 0 Å². The third-order valence-corrected chi connectivity index (χ3v) is 4.23. The maximum Gasteiger partial charge on any atom is 0.317 e. The number of amides is 2. The summed E-state index contributed by atoms with van der Waals surface area (Å²) < 4.78 is 6.99. The van der Waals surface area contributed by atoms with Gasteiger partial charge in [-0.2, -0.15) is 0 Å². The molecule has 1 aromatic rings. The molecule has 2 aliphatic rings. The summed E-state index contributed by atoms with van der Waals surface area (Å²) in [5.41, 5.74) is 0. The lowest BCUT2D eigenvalue weighted by Crippen LogP contribution is -2.47. The van der Waals surface area contributed by atoms with Crippen molar-refractivity contribution in [1.82, 2.24) is 10.2 Å². The fourth-order valence-corrected chi connectivity index (χ4v) is 2.78. The van der Waals surface area contributed by atoms with Crippen molar-refractivity contribution in [1.29, 1.82) is 0 Å². The molecule has 3 rings (SSSR count). The highest BCUT2D eigenvalue weighted by molar-refractivity contribution is 9.10. The first-order chi connectivity index (χ1) is 9.70. The number of urea groups is 1. The SMILES string of the molecule is O=C(NC1CC1)N1CCC(Oc2cccc(Br)c2)CC1. The normalized spacial score (nSPS) is 19.8. The van der Waals surface area contributed by atoms with Crippen LogP contribution < -0.4 is 10.1 Å². The number of piperidine rings is 1. The molecule has 1 aliphatic heterocycles. The van der Waals surface area contributed by atoms with E-state index in [9.17, 15) is 4.79 Å². The number of ether oxygens (including phenoxy) is 1. The number of hydrogen-bond donors (Lipinski definition) is 1. The molecule has 0 bridgehead atoms. The lowest BCUT2D eigenvalue weighted by molar-refractivity contribution is 0.111. The Morgan fingerprint density at radius 1 is 1.25 bits per heavy atom. The molecule has 0 spiro atoms. The van der Waals surface area contributed by atoms with Crippen LogP contribution in [-0.4, -0.2) is 36.2 Å². The molecule has 0 atom stereocenters. The Kier molecular flexibility index (Phi) is 4.15. The molecule has 0 aromatic heterocycles. The van der Waals surface area contributed by atoms with Gasteiger partial charge in [0.05, 0.1) is 0 Å². The van der Waals surface area contributed by atoms with Crippen molar-refractivity contribution in [3.63, 3.8) is 0 Å². The van der Waals surface area contributed by atoms with E-state index in [4.69, 9.17) is 4.74 Å². The summed E-state index contributed by atoms with van der Waals surface area (Å²) in [5.74, 6) is 0.889. The third-order valence-electron chi connectivity index (χ3n) is 3.73. The van der Waals surface area contributed by atoms with Crippen LogP contribution in [0.15, 0.2) is 28.7 Å². The van der Waals surface area contributed by atoms with Crippen LogP contribution in [0, 0.1) is 0 Å². The van der Waals surface area contributed by atoms with Crippen molar-refractivity contribution in [3.05, 3.63) is 28.7 Å². The van der Waals surface area contributed by atoms with E-state index in [1.54, 1.807) is 0 Å². The van der Waals surface area contributed by atoms with Crippen LogP contribution in [0.25, 0.3) is 0 Å². The zero-order valence-corrected chi connectivity index (χ0v) is 12.9. The lowest BCUT2D eigenvalue weighted by Gasteiger charge is -2.32. The van der Waals surface area contributed by atoms with Crippen molar-refractivity contribution in [2.24, 2.45) is 0 Å². The van der Waals surface area contributed by atoms with Crippen LogP contribution >= 0.6 is 15.9 Å². The average Bonchev–Trinajstić information content (AvgIpc) is 3.23. The minimum absolute atomic E-state index is 0.0911. The lowest BCUT2D eigenvalue weighted by atomic mass is 10.1. The standard InChI is InChI=1S/C15H19BrN2O2/c16-11-2-1-3-14(10-11)20-13-6-8-18(9-7-13)15(19)17-12-4-5-12/h1-3,10,12-13H,4-9H2,(H,17,19). The molecule has 1 aliphatic carbocycles. The quantitative estimate of drug-likeness (QED) is 0.919. The van der Waals surface area contributed by atoms with Gasteiger partial charge in [0.15, 0.2) is 0 Å². The Bertz CT molecular complexity index is 483. The fraction of sp³-hybridized carbons (Fsp3) is 0.533. The van der Waals surface area contributed by atoms with Crippen LogP contribution in [0.1, 0.15) is 25.7 Å². The molecular formula is C15H19BrN2O2. The second-order valence-electron chi connectivity index (χ2n) is 5.49. The number of carbonyl (C=O) groups excluding carboxylic acids is 1. The largest absolute Gasteiger partial charge is 0.490 e. The first-order valence-electron chi connectivity index (χ1n) is 7.18. The van der Waals surface area contributed by atoms with Crippen molar-refractivity contribution >= 4 is 22.0 Å². The smallest absolute Gasteiger partial charge is 0.317 e. The molecule has 1 aromatic carbocycles. The summed E-state index contributed by atoms with van der Waals surface area (Å²) in [6.45, 7) is 1.55. The second-order valence-corrected chi connectivity index (χ2v) is 6.40. The van der Waals surface area contributed by atoms with Crippen LogP contribution in [-0.2, 0) is 0 Å². The molecule has 2 fully saturated rings. The van der Waals surface area contributed by atoms with Gasteiger partial charge in [0.2, 0.25) is 0 Å². The van der Waals surface area contributed by atoms with E-state index < -0.39 is 0 Å². The number of rotatable bonds is 3. The summed E-state index contributed by atoms with van der Waals surface area (Å²) in [6.07, 6.45) is 4.26. The molecule has 1 N–H and O–H groups in total. The molecule has 1 saturated carbocycles. The molecule has 5 heteroatoms. The summed E-state index contributed by atoms with van der Waals surface area (Å²) in [5, 5.41) is 3.04. The molecule has 20 heavy (non-hydrogen) atoms. The van der Waals surface area contributed by atoms with Crippen molar-refractivity contribution < 1.29 is 9.53 Å². The zero-order valence-electron chi connectivity index (χ0n) is 11.3. The Morgan fingerprint density at radius 3 is 2.65 bits per heavy atom. The van der Waals surface area contributed by atoms with E-state index in [2.05, 4.69) is 21.2 Å². The van der Waals surface area contributed by atoms with Gasteiger partial charge in [-0.15, -0.1) is 0 Å². The Balaban J connectivity index is 1.47. The Morgan fingerprint density at radius 2 is 2.00 bits per heavy atom. The summed E-state index contributed by atoms with van der Waals surface area (Å²) in [4.78, 5) is 13.8. The molecule has 1 saturated heterocycles. The second kappa shape index (κ2) is 6.04. The minimum Gasteiger partial charge on any atom is -0.490 e. The minimum atomic E-state index is 0.0911. The van der Waals surface area contributed by atoms with Crippen LogP contribution in [0.2, 0.25) is 0 Å². The number of nitrogens with zero attached hydrogens (tertiary/aromatic N) is 1. The highest BCUT2D eigenvalue weighted by Gasteiger charge is 2.28. The summed E-state index contributed by atoms with van der Waals surface area (Å²) in [7, 11) is 0. The molecule has 108 valence electrons. The van der Waals surface area contributed by atoms with Crippen molar-refractivity contribution in [2.45, 2.75) is 37.8 Å². The van der Waals surface area contributed by atoms with Crippen LogP contribution in [0.5, 0.6) is 5.75 Å². The average molecular weight is 339 g/mol. The first-order valence-corrected chi connectivity index (χ1v) is 7.98. The topological polar surface area (TPSA) is 41.6 Å². The van der Waals surface area contributed by atoms with Gasteiger partial charge >= 0.3 is 6.03 Å². The third kappa shape index (κ3) is 3.66. The monoisotopic (exact) mass is 338 g/mol. The fourth-order valence-electron chi connectivity index (χ4n) is 2.40. The maximum atomic E-state index is 11.9. The summed E-state index contributed by atoms with van der Waals surface area (Å²) in [6, 6.07) is 8.42. The first kappa shape index (κ1) is 13.7. The predicted octanol–water partition coefficient (Wildman–Crippen LogP) is 3.16. The van der Waals surface area contributed by atoms with Crippen molar-refractivity contribution in [2.75, 3.05) is 13.1 Å². The van der Waals surface area contributed by atoms with E-state index in [1.807, 2.05) is 29.2 Å². The van der Waals surface area contributed by atoms with E-state index in [-0.39, 0.29) is 12.1 Å². The number of halogens is 1. The highest BCUT2D eigenvalue weighted by Crippen LogP contribution is 2.23. The van der Waals surface area contributed by atoms with Gasteiger partial charge in [-0.25, -0.2) is 4.79 Å². The van der Waals surface area contributed by atoms with Gasteiger partial charge in [-0.1, -0.05) is 22.0 Å². The van der Waals surface area contributed by atoms with E-state index in [0.29, 0.717) is 6.04 Å². The van der Waals surface area contributed by atoms with Gasteiger partial charge in [-0.05, 0) is 31.0 Å². The van der Waals surface area contributed by atoms with Gasteiger partial charge in [0.25, 0.3) is 0 Å². The van der Waals surface area contributed by atoms with Gasteiger partial charge < -0.3 is 15.0 Å². The van der Waals surface area contributed by atoms with Gasteiger partial charge in [-0.3, -0.25) is 0 Å². The molecule has 0 unspecified atom stereocenters. The van der Waals surface area contributed by atoms with E-state index in [1.165, 1.54) is 0 Å². The molecule has 4 nitrogen and oxygen atoms in total. The number of likely N-dealkylation sites (tertiary alicyclic amines) is 1. The molecule has 0 radical (unpaired) electrons. The Labute approximate surface area is 127 Å². The van der Waals surface area contributed by atoms with E-state index >= 15 is 0 Å². The number of nitrogens with one attached hydrogen (secondary N) is 1. The predicted molar refractivity (Wildman–Crippen MR) is 80.9 cm³/mol. The number of benzene rings is 1. The van der Waals surface area contributed by atoms with Gasteiger partial charge in [0, 0.05) is 36.4 Å². The van der Waals surface area contributed by atoms with E-state index in [0.717, 1.165) is 49.0 Å². The Hall–Kier alpha value is -1.23. The molecular weight excluding hydrogens is 320 g/mol. The van der Waals surface area contributed by atoms with Gasteiger partial charge in [0.1, 0.15) is 11.9 Å². The zero-order chi connectivity index (χ0) is 13.9. The highest BCUT2D eigenvalue weighted by atomic mass is 79.9.